The van der Waals surface area contributed by atoms with E-state index in [1.807, 2.05) is 12.1 Å². The van der Waals surface area contributed by atoms with Crippen molar-refractivity contribution in [2.45, 2.75) is 6.04 Å². The molecular formula is C11H12N4O2. The van der Waals surface area contributed by atoms with Gasteiger partial charge >= 0.3 is 6.03 Å². The van der Waals surface area contributed by atoms with Gasteiger partial charge in [-0.05, 0) is 18.2 Å². The maximum absolute atomic E-state index is 11.3. The summed E-state index contributed by atoms with van der Waals surface area (Å²) in [5, 5.41) is 7.62. The Bertz CT molecular complexity index is 484. The van der Waals surface area contributed by atoms with Gasteiger partial charge in [0.1, 0.15) is 6.04 Å². The van der Waals surface area contributed by atoms with Crippen molar-refractivity contribution < 1.29 is 9.59 Å². The number of rotatable bonds is 3. The first kappa shape index (κ1) is 11.1. The minimum atomic E-state index is -0.630. The average molecular weight is 232 g/mol. The molecule has 2 heterocycles. The number of carbonyl (C=O) groups excluding carboxylic acids is 2. The molecule has 0 bridgehead atoms. The minimum absolute atomic E-state index is 0.354. The molecule has 1 fully saturated rings. The molecule has 6 heteroatoms. The third-order valence-electron chi connectivity index (χ3n) is 2.36. The van der Waals surface area contributed by atoms with Gasteiger partial charge in [-0.25, -0.2) is 4.79 Å². The molecule has 1 aliphatic heterocycles. The van der Waals surface area contributed by atoms with Gasteiger partial charge in [0.2, 0.25) is 0 Å². The van der Waals surface area contributed by atoms with Crippen LogP contribution >= 0.6 is 0 Å². The highest BCUT2D eigenvalue weighted by molar-refractivity contribution is 6.05. The zero-order valence-corrected chi connectivity index (χ0v) is 9.23. The SMILES string of the molecule is CNc1cccnc1/C=C/C1NC(=O)NC1=O. The van der Waals surface area contributed by atoms with E-state index < -0.39 is 12.1 Å². The molecule has 17 heavy (non-hydrogen) atoms. The lowest BCUT2D eigenvalue weighted by molar-refractivity contribution is -0.119. The number of hydrogen-bond acceptors (Lipinski definition) is 4. The maximum Gasteiger partial charge on any atom is 0.322 e. The Morgan fingerprint density at radius 1 is 1.47 bits per heavy atom. The average Bonchev–Trinajstić information content (AvgIpc) is 2.65. The summed E-state index contributed by atoms with van der Waals surface area (Å²) in [6.45, 7) is 0. The number of nitrogens with zero attached hydrogens (tertiary/aromatic N) is 1. The highest BCUT2D eigenvalue weighted by atomic mass is 16.2. The molecule has 1 aliphatic rings. The Kier molecular flexibility index (Phi) is 3.04. The number of carbonyl (C=O) groups is 2. The quantitative estimate of drug-likeness (QED) is 0.656. The Hall–Kier alpha value is -2.37. The van der Waals surface area contributed by atoms with E-state index in [0.29, 0.717) is 5.69 Å². The maximum atomic E-state index is 11.3. The molecule has 1 aromatic heterocycles. The highest BCUT2D eigenvalue weighted by Crippen LogP contribution is 2.13. The molecule has 88 valence electrons. The van der Waals surface area contributed by atoms with Crippen LogP contribution in [0.2, 0.25) is 0 Å². The fraction of sp³-hybridized carbons (Fsp3) is 0.182. The predicted octanol–water partition coefficient (Wildman–Crippen LogP) is 0.344. The van der Waals surface area contributed by atoms with Crippen LogP contribution in [0, 0.1) is 0 Å². The van der Waals surface area contributed by atoms with Crippen molar-refractivity contribution in [2.24, 2.45) is 0 Å². The van der Waals surface area contributed by atoms with Crippen molar-refractivity contribution in [3.63, 3.8) is 0 Å². The number of nitrogens with one attached hydrogen (secondary N) is 3. The molecule has 2 rings (SSSR count). The third-order valence-corrected chi connectivity index (χ3v) is 2.36. The van der Waals surface area contributed by atoms with E-state index in [-0.39, 0.29) is 5.91 Å². The van der Waals surface area contributed by atoms with Crippen LogP contribution in [-0.2, 0) is 4.79 Å². The summed E-state index contributed by atoms with van der Waals surface area (Å²) in [6.07, 6.45) is 4.96. The second-order valence-corrected chi connectivity index (χ2v) is 3.49. The highest BCUT2D eigenvalue weighted by Gasteiger charge is 2.26. The second-order valence-electron chi connectivity index (χ2n) is 3.49. The Balaban J connectivity index is 2.15. The van der Waals surface area contributed by atoms with Crippen molar-refractivity contribution in [1.29, 1.82) is 0 Å². The predicted molar refractivity (Wildman–Crippen MR) is 63.3 cm³/mol. The van der Waals surface area contributed by atoms with E-state index in [0.717, 1.165) is 5.69 Å². The van der Waals surface area contributed by atoms with E-state index in [2.05, 4.69) is 20.9 Å². The monoisotopic (exact) mass is 232 g/mol. The number of anilines is 1. The molecule has 1 saturated heterocycles. The van der Waals surface area contributed by atoms with Crippen molar-refractivity contribution in [2.75, 3.05) is 12.4 Å². The minimum Gasteiger partial charge on any atom is -0.386 e. The number of amides is 3. The molecule has 1 atom stereocenters. The van der Waals surface area contributed by atoms with E-state index in [9.17, 15) is 9.59 Å². The molecule has 0 aliphatic carbocycles. The van der Waals surface area contributed by atoms with Crippen LogP contribution in [0.15, 0.2) is 24.4 Å². The summed E-state index contributed by atoms with van der Waals surface area (Å²) in [5.41, 5.74) is 1.57. The van der Waals surface area contributed by atoms with Gasteiger partial charge in [-0.15, -0.1) is 0 Å². The lowest BCUT2D eigenvalue weighted by Crippen LogP contribution is -2.26. The van der Waals surface area contributed by atoms with Crippen LogP contribution in [0.25, 0.3) is 6.08 Å². The lowest BCUT2D eigenvalue weighted by atomic mass is 10.2. The van der Waals surface area contributed by atoms with E-state index in [4.69, 9.17) is 0 Å². The van der Waals surface area contributed by atoms with Crippen molar-refractivity contribution >= 4 is 23.7 Å². The van der Waals surface area contributed by atoms with E-state index >= 15 is 0 Å². The van der Waals surface area contributed by atoms with Crippen molar-refractivity contribution in [1.82, 2.24) is 15.6 Å². The first-order valence-corrected chi connectivity index (χ1v) is 5.13. The van der Waals surface area contributed by atoms with Crippen LogP contribution in [0.1, 0.15) is 5.69 Å². The summed E-state index contributed by atoms with van der Waals surface area (Å²) >= 11 is 0. The standard InChI is InChI=1S/C11H12N4O2/c1-12-7-3-2-6-13-8(7)4-5-9-10(16)15-11(17)14-9/h2-6,9,12H,1H3,(H2,14,15,16,17)/b5-4+. The molecule has 6 nitrogen and oxygen atoms in total. The zero-order valence-electron chi connectivity index (χ0n) is 9.23. The summed E-state index contributed by atoms with van der Waals surface area (Å²) in [6, 6.07) is 2.58. The van der Waals surface area contributed by atoms with Gasteiger partial charge in [0.25, 0.3) is 5.91 Å². The number of hydrogen-bond donors (Lipinski definition) is 3. The van der Waals surface area contributed by atoms with Crippen LogP contribution in [-0.4, -0.2) is 30.0 Å². The van der Waals surface area contributed by atoms with Crippen molar-refractivity contribution in [3.8, 4) is 0 Å². The molecule has 0 radical (unpaired) electrons. The van der Waals surface area contributed by atoms with Gasteiger partial charge in [-0.3, -0.25) is 15.1 Å². The van der Waals surface area contributed by atoms with Gasteiger partial charge in [0, 0.05) is 13.2 Å². The summed E-state index contributed by atoms with van der Waals surface area (Å²) in [4.78, 5) is 26.3. The smallest absolute Gasteiger partial charge is 0.322 e. The zero-order chi connectivity index (χ0) is 12.3. The summed E-state index contributed by atoms with van der Waals surface area (Å²) in [5.74, 6) is -0.354. The molecule has 0 aromatic carbocycles. The summed E-state index contributed by atoms with van der Waals surface area (Å²) in [7, 11) is 1.79. The fourth-order valence-electron chi connectivity index (χ4n) is 1.52. The molecule has 1 unspecified atom stereocenters. The van der Waals surface area contributed by atoms with Crippen LogP contribution < -0.4 is 16.0 Å². The Labute approximate surface area is 98.1 Å². The molecular weight excluding hydrogens is 220 g/mol. The van der Waals surface area contributed by atoms with Gasteiger partial charge in [0.15, 0.2) is 0 Å². The van der Waals surface area contributed by atoms with Gasteiger partial charge in [-0.2, -0.15) is 0 Å². The summed E-state index contributed by atoms with van der Waals surface area (Å²) < 4.78 is 0. The van der Waals surface area contributed by atoms with Gasteiger partial charge in [-0.1, -0.05) is 6.08 Å². The van der Waals surface area contributed by atoms with Crippen LogP contribution in [0.5, 0.6) is 0 Å². The van der Waals surface area contributed by atoms with E-state index in [1.54, 1.807) is 25.4 Å². The number of urea groups is 1. The third kappa shape index (κ3) is 2.41. The second kappa shape index (κ2) is 4.65. The van der Waals surface area contributed by atoms with Gasteiger partial charge < -0.3 is 10.6 Å². The fourth-order valence-corrected chi connectivity index (χ4v) is 1.52. The normalized spacial score (nSPS) is 19.2. The number of aromatic nitrogens is 1. The molecule has 3 amide bonds. The topological polar surface area (TPSA) is 83.1 Å². The van der Waals surface area contributed by atoms with E-state index in [1.165, 1.54) is 0 Å². The Morgan fingerprint density at radius 3 is 2.94 bits per heavy atom. The number of pyridine rings is 1. The molecule has 1 aromatic rings. The van der Waals surface area contributed by atoms with Crippen LogP contribution in [0.3, 0.4) is 0 Å². The molecule has 0 saturated carbocycles. The first-order valence-electron chi connectivity index (χ1n) is 5.13. The first-order chi connectivity index (χ1) is 8.20. The Morgan fingerprint density at radius 2 is 2.29 bits per heavy atom. The van der Waals surface area contributed by atoms with Gasteiger partial charge in [0.05, 0.1) is 11.4 Å². The van der Waals surface area contributed by atoms with Crippen LogP contribution in [0.4, 0.5) is 10.5 Å². The number of imide groups is 1. The van der Waals surface area contributed by atoms with Crippen molar-refractivity contribution in [3.05, 3.63) is 30.1 Å². The molecule has 3 N–H and O–H groups in total. The lowest BCUT2D eigenvalue weighted by Gasteiger charge is -2.04. The molecule has 0 spiro atoms. The largest absolute Gasteiger partial charge is 0.386 e.